The van der Waals surface area contributed by atoms with Gasteiger partial charge >= 0.3 is 0 Å². The van der Waals surface area contributed by atoms with Gasteiger partial charge in [-0.25, -0.2) is 26.3 Å². The summed E-state index contributed by atoms with van der Waals surface area (Å²) in [6, 6.07) is 4.92. The molecule has 0 nitrogen and oxygen atoms in total. The van der Waals surface area contributed by atoms with Crippen LogP contribution in [-0.4, -0.2) is 0 Å². The number of aryl methyl sites for hydroxylation is 4. The second-order valence-electron chi connectivity index (χ2n) is 13.2. The average molecular weight is 585 g/mol. The van der Waals surface area contributed by atoms with Gasteiger partial charge in [0.15, 0.2) is 23.3 Å². The van der Waals surface area contributed by atoms with Gasteiger partial charge in [-0.3, -0.25) is 0 Å². The van der Waals surface area contributed by atoms with Gasteiger partial charge in [0.2, 0.25) is 0 Å². The Bertz CT molecular complexity index is 1520. The molecule has 0 amide bonds. The highest BCUT2D eigenvalue weighted by Crippen LogP contribution is 2.37. The highest BCUT2D eigenvalue weighted by molar-refractivity contribution is 5.40. The lowest BCUT2D eigenvalue weighted by Gasteiger charge is -2.29. The standard InChI is InChI=1S/C36H38F6/c1-19-3-8-23-16-25(33(39)35(41)29(23)13-19)10-11-26-17-24-9-6-22(15-30(24)36(42)34(26)40)5-4-21-7-12-28-27(14-21)18-31(37)20(2)32(28)38/h16-19,21-22H,3-15H2,1-2H3. The molecule has 3 unspecified atom stereocenters. The molecule has 42 heavy (non-hydrogen) atoms. The summed E-state index contributed by atoms with van der Waals surface area (Å²) in [5, 5.41) is 0. The Balaban J connectivity index is 1.10. The quantitative estimate of drug-likeness (QED) is 0.253. The van der Waals surface area contributed by atoms with Gasteiger partial charge in [-0.1, -0.05) is 19.1 Å². The Morgan fingerprint density at radius 3 is 1.76 bits per heavy atom. The molecule has 0 fully saturated rings. The van der Waals surface area contributed by atoms with E-state index in [0.717, 1.165) is 48.8 Å². The van der Waals surface area contributed by atoms with E-state index in [4.69, 9.17) is 0 Å². The summed E-state index contributed by atoms with van der Waals surface area (Å²) in [5.74, 6) is -3.41. The molecule has 0 spiro atoms. The molecule has 3 aromatic carbocycles. The van der Waals surface area contributed by atoms with Gasteiger partial charge in [-0.2, -0.15) is 0 Å². The van der Waals surface area contributed by atoms with Crippen molar-refractivity contribution in [2.24, 2.45) is 17.8 Å². The summed E-state index contributed by atoms with van der Waals surface area (Å²) in [4.78, 5) is 0. The second-order valence-corrected chi connectivity index (χ2v) is 13.2. The minimum absolute atomic E-state index is 0.0832. The normalized spacial score (nSPS) is 21.6. The van der Waals surface area contributed by atoms with Crippen molar-refractivity contribution in [3.63, 3.8) is 0 Å². The van der Waals surface area contributed by atoms with Crippen LogP contribution in [0.4, 0.5) is 26.3 Å². The van der Waals surface area contributed by atoms with Crippen LogP contribution >= 0.6 is 0 Å². The van der Waals surface area contributed by atoms with Gasteiger partial charge in [0, 0.05) is 5.56 Å². The smallest absolute Gasteiger partial charge is 0.162 e. The zero-order valence-electron chi connectivity index (χ0n) is 24.4. The molecule has 3 aromatic rings. The summed E-state index contributed by atoms with van der Waals surface area (Å²) in [6.45, 7) is 3.51. The lowest BCUT2D eigenvalue weighted by Crippen LogP contribution is -2.21. The predicted octanol–water partition coefficient (Wildman–Crippen LogP) is 9.43. The monoisotopic (exact) mass is 584 g/mol. The lowest BCUT2D eigenvalue weighted by atomic mass is 9.76. The molecular formula is C36H38F6. The van der Waals surface area contributed by atoms with Gasteiger partial charge in [-0.15, -0.1) is 0 Å². The maximum Gasteiger partial charge on any atom is 0.162 e. The van der Waals surface area contributed by atoms with Crippen molar-refractivity contribution < 1.29 is 26.3 Å². The van der Waals surface area contributed by atoms with Crippen LogP contribution in [0, 0.1) is 59.6 Å². The SMILES string of the molecule is Cc1c(F)cc2c(c1F)CCC(CCC1CCc3cc(CCc4cc5c(c(F)c4F)CC(C)CC5)c(F)c(F)c3C1)C2. The summed E-state index contributed by atoms with van der Waals surface area (Å²) >= 11 is 0. The Morgan fingerprint density at radius 2 is 1.12 bits per heavy atom. The predicted molar refractivity (Wildman–Crippen MR) is 153 cm³/mol. The molecule has 6 rings (SSSR count). The highest BCUT2D eigenvalue weighted by atomic mass is 19.2. The zero-order chi connectivity index (χ0) is 29.7. The largest absolute Gasteiger partial charge is 0.207 e. The van der Waals surface area contributed by atoms with E-state index in [1.807, 2.05) is 6.92 Å². The molecule has 3 aliphatic rings. The van der Waals surface area contributed by atoms with Crippen LogP contribution in [0.15, 0.2) is 18.2 Å². The number of rotatable bonds is 6. The first-order valence-corrected chi connectivity index (χ1v) is 15.5. The van der Waals surface area contributed by atoms with Crippen molar-refractivity contribution in [2.75, 3.05) is 0 Å². The molecule has 6 heteroatoms. The zero-order valence-corrected chi connectivity index (χ0v) is 24.4. The Kier molecular flexibility index (Phi) is 8.19. The Morgan fingerprint density at radius 1 is 0.571 bits per heavy atom. The third kappa shape index (κ3) is 5.51. The molecule has 0 aliphatic heterocycles. The van der Waals surface area contributed by atoms with Gasteiger partial charge in [-0.05, 0) is 159 Å². The third-order valence-corrected chi connectivity index (χ3v) is 10.3. The molecule has 0 saturated heterocycles. The van der Waals surface area contributed by atoms with Gasteiger partial charge < -0.3 is 0 Å². The molecule has 0 bridgehead atoms. The summed E-state index contributed by atoms with van der Waals surface area (Å²) in [5.41, 5.74) is 4.45. The molecule has 0 heterocycles. The van der Waals surface area contributed by atoms with E-state index in [1.54, 1.807) is 12.1 Å². The summed E-state index contributed by atoms with van der Waals surface area (Å²) in [6.07, 6.45) is 8.20. The first-order valence-electron chi connectivity index (χ1n) is 15.5. The number of hydrogen-bond donors (Lipinski definition) is 0. The Hall–Kier alpha value is -2.76. The van der Waals surface area contributed by atoms with Crippen molar-refractivity contribution in [1.82, 2.24) is 0 Å². The summed E-state index contributed by atoms with van der Waals surface area (Å²) < 4.78 is 88.8. The second kappa shape index (κ2) is 11.7. The van der Waals surface area contributed by atoms with E-state index in [0.29, 0.717) is 67.1 Å². The van der Waals surface area contributed by atoms with Crippen molar-refractivity contribution in [3.8, 4) is 0 Å². The van der Waals surface area contributed by atoms with E-state index in [1.165, 1.54) is 13.0 Å². The van der Waals surface area contributed by atoms with Crippen LogP contribution in [0.2, 0.25) is 0 Å². The molecule has 0 aromatic heterocycles. The first-order chi connectivity index (χ1) is 20.1. The molecular weight excluding hydrogens is 546 g/mol. The van der Waals surface area contributed by atoms with Crippen LogP contribution < -0.4 is 0 Å². The van der Waals surface area contributed by atoms with E-state index in [2.05, 4.69) is 0 Å². The minimum atomic E-state index is -0.884. The molecule has 0 radical (unpaired) electrons. The number of fused-ring (bicyclic) bond motifs is 3. The fourth-order valence-electron chi connectivity index (χ4n) is 7.67. The van der Waals surface area contributed by atoms with E-state index in [-0.39, 0.29) is 35.4 Å². The molecule has 0 saturated carbocycles. The average Bonchev–Trinajstić information content (AvgIpc) is 2.98. The van der Waals surface area contributed by atoms with Crippen LogP contribution in [0.3, 0.4) is 0 Å². The van der Waals surface area contributed by atoms with Crippen LogP contribution in [0.5, 0.6) is 0 Å². The topological polar surface area (TPSA) is 0 Å². The van der Waals surface area contributed by atoms with Crippen molar-refractivity contribution in [3.05, 3.63) is 103 Å². The highest BCUT2D eigenvalue weighted by Gasteiger charge is 2.29. The summed E-state index contributed by atoms with van der Waals surface area (Å²) in [7, 11) is 0. The van der Waals surface area contributed by atoms with Crippen molar-refractivity contribution in [1.29, 1.82) is 0 Å². The molecule has 0 N–H and O–H groups in total. The number of benzene rings is 3. The van der Waals surface area contributed by atoms with Gasteiger partial charge in [0.1, 0.15) is 11.6 Å². The Labute approximate surface area is 244 Å². The molecule has 3 aliphatic carbocycles. The number of hydrogen-bond acceptors (Lipinski definition) is 0. The maximum absolute atomic E-state index is 15.3. The fraction of sp³-hybridized carbons (Fsp3) is 0.500. The van der Waals surface area contributed by atoms with Crippen molar-refractivity contribution in [2.45, 2.75) is 97.3 Å². The van der Waals surface area contributed by atoms with E-state index in [9.17, 15) is 17.6 Å². The van der Waals surface area contributed by atoms with Gasteiger partial charge in [0.25, 0.3) is 0 Å². The first kappa shape index (κ1) is 29.3. The van der Waals surface area contributed by atoms with Crippen LogP contribution in [0.25, 0.3) is 0 Å². The fourth-order valence-corrected chi connectivity index (χ4v) is 7.67. The molecule has 3 atom stereocenters. The molecule has 224 valence electrons. The van der Waals surface area contributed by atoms with Gasteiger partial charge in [0.05, 0.1) is 0 Å². The maximum atomic E-state index is 15.3. The minimum Gasteiger partial charge on any atom is -0.207 e. The van der Waals surface area contributed by atoms with Crippen LogP contribution in [0.1, 0.15) is 89.1 Å². The lowest BCUT2D eigenvalue weighted by molar-refractivity contribution is 0.333. The third-order valence-electron chi connectivity index (χ3n) is 10.3. The van der Waals surface area contributed by atoms with E-state index >= 15 is 8.78 Å². The van der Waals surface area contributed by atoms with E-state index < -0.39 is 34.9 Å². The van der Waals surface area contributed by atoms with Crippen LogP contribution in [-0.2, 0) is 51.4 Å². The van der Waals surface area contributed by atoms with Crippen molar-refractivity contribution >= 4 is 0 Å². The number of halogens is 6.